The molecule has 0 atom stereocenters. The van der Waals surface area contributed by atoms with Crippen LogP contribution in [-0.2, 0) is 4.79 Å². The highest BCUT2D eigenvalue weighted by atomic mass is 16.2. The third-order valence-corrected chi connectivity index (χ3v) is 4.49. The Kier molecular flexibility index (Phi) is 2.80. The van der Waals surface area contributed by atoms with Gasteiger partial charge in [-0.05, 0) is 51.3 Å². The largest absolute Gasteiger partial charge is 0.353 e. The molecular formula is C16H22N2O. The second-order valence-electron chi connectivity index (χ2n) is 6.18. The van der Waals surface area contributed by atoms with E-state index in [-0.39, 0.29) is 11.4 Å². The average molecular weight is 258 g/mol. The Bertz CT molecular complexity index is 515. The van der Waals surface area contributed by atoms with Gasteiger partial charge in [0, 0.05) is 6.04 Å². The van der Waals surface area contributed by atoms with Crippen molar-refractivity contribution in [2.24, 2.45) is 0 Å². The number of aryl methyl sites for hydroxylation is 1. The standard InChI is InChI=1S/C16H22N2O/c1-11(2)18-14-10-12(3)6-7-13(14)17-15(19)16(18)8-4-5-9-16/h6-7,10-11H,4-5,8-9H2,1-3H3,(H,17,19). The van der Waals surface area contributed by atoms with E-state index < -0.39 is 0 Å². The van der Waals surface area contributed by atoms with Crippen molar-refractivity contribution < 1.29 is 4.79 Å². The normalized spacial score (nSPS) is 20.8. The van der Waals surface area contributed by atoms with Gasteiger partial charge >= 0.3 is 0 Å². The van der Waals surface area contributed by atoms with Crippen LogP contribution in [0.2, 0.25) is 0 Å². The summed E-state index contributed by atoms with van der Waals surface area (Å²) in [6.45, 7) is 6.48. The Balaban J connectivity index is 2.17. The molecule has 102 valence electrons. The van der Waals surface area contributed by atoms with Gasteiger partial charge in [-0.25, -0.2) is 0 Å². The lowest BCUT2D eigenvalue weighted by molar-refractivity contribution is -0.121. The summed E-state index contributed by atoms with van der Waals surface area (Å²) in [5, 5.41) is 3.12. The molecule has 3 rings (SSSR count). The van der Waals surface area contributed by atoms with Gasteiger partial charge in [0.05, 0.1) is 11.4 Å². The van der Waals surface area contributed by atoms with Crippen LogP contribution >= 0.6 is 0 Å². The van der Waals surface area contributed by atoms with Crippen LogP contribution in [0.1, 0.15) is 45.1 Å². The van der Waals surface area contributed by atoms with Crippen LogP contribution in [0, 0.1) is 6.92 Å². The summed E-state index contributed by atoms with van der Waals surface area (Å²) in [4.78, 5) is 15.0. The quantitative estimate of drug-likeness (QED) is 0.836. The Morgan fingerprint density at radius 1 is 1.26 bits per heavy atom. The molecule has 1 spiro atoms. The molecule has 3 nitrogen and oxygen atoms in total. The highest BCUT2D eigenvalue weighted by molar-refractivity contribution is 6.07. The monoisotopic (exact) mass is 258 g/mol. The SMILES string of the molecule is Cc1ccc2c(c1)N(C(C)C)C1(CCCC1)C(=O)N2. The van der Waals surface area contributed by atoms with Crippen LogP contribution in [0.25, 0.3) is 0 Å². The third kappa shape index (κ3) is 1.75. The number of rotatable bonds is 1. The first kappa shape index (κ1) is 12.5. The topological polar surface area (TPSA) is 32.3 Å². The molecule has 0 radical (unpaired) electrons. The van der Waals surface area contributed by atoms with Crippen molar-refractivity contribution in [3.8, 4) is 0 Å². The van der Waals surface area contributed by atoms with E-state index in [0.717, 1.165) is 31.4 Å². The molecule has 1 aromatic carbocycles. The van der Waals surface area contributed by atoms with Crippen LogP contribution in [0.3, 0.4) is 0 Å². The molecule has 0 saturated heterocycles. The van der Waals surface area contributed by atoms with Crippen molar-refractivity contribution in [2.45, 2.75) is 58.0 Å². The molecule has 0 unspecified atom stereocenters. The highest BCUT2D eigenvalue weighted by Crippen LogP contribution is 2.46. The zero-order chi connectivity index (χ0) is 13.6. The summed E-state index contributed by atoms with van der Waals surface area (Å²) in [5.41, 5.74) is 3.08. The molecule has 1 aliphatic heterocycles. The first-order valence-corrected chi connectivity index (χ1v) is 7.26. The van der Waals surface area contributed by atoms with Crippen LogP contribution in [0.5, 0.6) is 0 Å². The van der Waals surface area contributed by atoms with Crippen LogP contribution in [0.4, 0.5) is 11.4 Å². The fourth-order valence-electron chi connectivity index (χ4n) is 3.73. The number of hydrogen-bond acceptors (Lipinski definition) is 2. The van der Waals surface area contributed by atoms with E-state index in [2.05, 4.69) is 43.1 Å². The number of amides is 1. The summed E-state index contributed by atoms with van der Waals surface area (Å²) in [6.07, 6.45) is 4.25. The fraction of sp³-hybridized carbons (Fsp3) is 0.562. The van der Waals surface area contributed by atoms with Gasteiger partial charge in [-0.15, -0.1) is 0 Å². The Morgan fingerprint density at radius 2 is 1.95 bits per heavy atom. The predicted molar refractivity (Wildman–Crippen MR) is 78.6 cm³/mol. The first-order chi connectivity index (χ1) is 9.04. The van der Waals surface area contributed by atoms with Crippen molar-refractivity contribution in [1.29, 1.82) is 0 Å². The minimum absolute atomic E-state index is 0.190. The molecule has 3 heteroatoms. The maximum absolute atomic E-state index is 12.6. The second kappa shape index (κ2) is 4.26. The zero-order valence-electron chi connectivity index (χ0n) is 12.0. The van der Waals surface area contributed by atoms with Gasteiger partial charge in [0.2, 0.25) is 5.91 Å². The summed E-state index contributed by atoms with van der Waals surface area (Å²) >= 11 is 0. The molecule has 19 heavy (non-hydrogen) atoms. The van der Waals surface area contributed by atoms with Crippen molar-refractivity contribution in [1.82, 2.24) is 0 Å². The minimum atomic E-state index is -0.311. The molecule has 0 bridgehead atoms. The lowest BCUT2D eigenvalue weighted by atomic mass is 9.88. The molecule has 1 aromatic rings. The Labute approximate surface area is 115 Å². The molecule has 1 aliphatic carbocycles. The first-order valence-electron chi connectivity index (χ1n) is 7.26. The Morgan fingerprint density at radius 3 is 2.58 bits per heavy atom. The number of hydrogen-bond donors (Lipinski definition) is 1. The number of nitrogens with one attached hydrogen (secondary N) is 1. The number of benzene rings is 1. The van der Waals surface area contributed by atoms with Crippen molar-refractivity contribution in [2.75, 3.05) is 10.2 Å². The van der Waals surface area contributed by atoms with Crippen molar-refractivity contribution >= 4 is 17.3 Å². The van der Waals surface area contributed by atoms with E-state index in [9.17, 15) is 4.79 Å². The maximum atomic E-state index is 12.6. The summed E-state index contributed by atoms with van der Waals surface area (Å²) in [5.74, 6) is 0.190. The minimum Gasteiger partial charge on any atom is -0.353 e. The van der Waals surface area contributed by atoms with Crippen LogP contribution in [0.15, 0.2) is 18.2 Å². The maximum Gasteiger partial charge on any atom is 0.250 e. The smallest absolute Gasteiger partial charge is 0.250 e. The van der Waals surface area contributed by atoms with E-state index in [1.165, 1.54) is 11.3 Å². The van der Waals surface area contributed by atoms with Gasteiger partial charge in [0.25, 0.3) is 0 Å². The molecule has 0 aromatic heterocycles. The molecule has 1 saturated carbocycles. The molecular weight excluding hydrogens is 236 g/mol. The van der Waals surface area contributed by atoms with Gasteiger partial charge in [0.1, 0.15) is 5.54 Å². The van der Waals surface area contributed by atoms with Gasteiger partial charge in [-0.3, -0.25) is 4.79 Å². The van der Waals surface area contributed by atoms with Gasteiger partial charge in [0.15, 0.2) is 0 Å². The Hall–Kier alpha value is -1.51. The number of anilines is 2. The van der Waals surface area contributed by atoms with E-state index in [1.807, 2.05) is 6.07 Å². The highest BCUT2D eigenvalue weighted by Gasteiger charge is 2.50. The van der Waals surface area contributed by atoms with Gasteiger partial charge in [-0.1, -0.05) is 18.9 Å². The van der Waals surface area contributed by atoms with Gasteiger partial charge < -0.3 is 10.2 Å². The lowest BCUT2D eigenvalue weighted by Crippen LogP contribution is -2.60. The van der Waals surface area contributed by atoms with Crippen molar-refractivity contribution in [3.63, 3.8) is 0 Å². The fourth-order valence-corrected chi connectivity index (χ4v) is 3.73. The van der Waals surface area contributed by atoms with E-state index in [0.29, 0.717) is 6.04 Å². The van der Waals surface area contributed by atoms with Crippen molar-refractivity contribution in [3.05, 3.63) is 23.8 Å². The molecule has 1 fully saturated rings. The number of nitrogens with zero attached hydrogens (tertiary/aromatic N) is 1. The molecule has 2 aliphatic rings. The molecule has 1 amide bonds. The second-order valence-corrected chi connectivity index (χ2v) is 6.18. The van der Waals surface area contributed by atoms with Crippen LogP contribution in [-0.4, -0.2) is 17.5 Å². The van der Waals surface area contributed by atoms with E-state index in [4.69, 9.17) is 0 Å². The lowest BCUT2D eigenvalue weighted by Gasteiger charge is -2.48. The number of carbonyl (C=O) groups excluding carboxylic acids is 1. The summed E-state index contributed by atoms with van der Waals surface area (Å²) in [6, 6.07) is 6.63. The average Bonchev–Trinajstić information content (AvgIpc) is 2.81. The number of fused-ring (bicyclic) bond motifs is 1. The third-order valence-electron chi connectivity index (χ3n) is 4.49. The summed E-state index contributed by atoms with van der Waals surface area (Å²) in [7, 11) is 0. The van der Waals surface area contributed by atoms with E-state index >= 15 is 0 Å². The van der Waals surface area contributed by atoms with E-state index in [1.54, 1.807) is 0 Å². The predicted octanol–water partition coefficient (Wildman–Crippen LogP) is 3.47. The van der Waals surface area contributed by atoms with Gasteiger partial charge in [-0.2, -0.15) is 0 Å². The van der Waals surface area contributed by atoms with Crippen LogP contribution < -0.4 is 10.2 Å². The number of carbonyl (C=O) groups is 1. The summed E-state index contributed by atoms with van der Waals surface area (Å²) < 4.78 is 0. The zero-order valence-corrected chi connectivity index (χ0v) is 12.0. The molecule has 1 heterocycles. The molecule has 1 N–H and O–H groups in total.